The number of rotatable bonds is 3. The minimum atomic E-state index is -1.23. The van der Waals surface area contributed by atoms with Crippen LogP contribution in [0.25, 0.3) is 11.0 Å². The van der Waals surface area contributed by atoms with Gasteiger partial charge in [0, 0.05) is 0 Å². The largest absolute Gasteiger partial charge is 0.394 e. The summed E-state index contributed by atoms with van der Waals surface area (Å²) in [6, 6.07) is 0. The second-order valence-electron chi connectivity index (χ2n) is 4.64. The average Bonchev–Trinajstić information content (AvgIpc) is 2.99. The number of nitrogen functional groups attached to an aromatic ring is 1. The molecule has 1 fully saturated rings. The van der Waals surface area contributed by atoms with Crippen LogP contribution in [0.2, 0.25) is 0 Å². The number of ether oxygens (including phenoxy) is 1. The zero-order chi connectivity index (χ0) is 15.1. The molecule has 0 amide bonds. The van der Waals surface area contributed by atoms with Crippen LogP contribution in [0, 0.1) is 0 Å². The minimum Gasteiger partial charge on any atom is -0.394 e. The van der Waals surface area contributed by atoms with Crippen molar-refractivity contribution >= 4 is 28.6 Å². The first-order valence-electron chi connectivity index (χ1n) is 6.23. The lowest BCUT2D eigenvalue weighted by molar-refractivity contribution is -0.0571. The number of nitrogens with zero attached hydrogens (tertiary/aromatic N) is 4. The summed E-state index contributed by atoms with van der Waals surface area (Å²) in [5.41, 5.74) is 6.25. The zero-order valence-corrected chi connectivity index (χ0v) is 11.9. The van der Waals surface area contributed by atoms with Crippen LogP contribution in [0.4, 0.5) is 5.82 Å². The fourth-order valence-corrected chi connectivity index (χ4v) is 2.94. The molecule has 21 heavy (non-hydrogen) atoms. The lowest BCUT2D eigenvalue weighted by Gasteiger charge is -2.15. The van der Waals surface area contributed by atoms with Crippen molar-refractivity contribution in [2.75, 3.05) is 18.6 Å². The lowest BCUT2D eigenvalue weighted by atomic mass is 10.1. The van der Waals surface area contributed by atoms with Gasteiger partial charge in [-0.2, -0.15) is 5.10 Å². The summed E-state index contributed by atoms with van der Waals surface area (Å²) >= 11 is 1.36. The molecule has 1 saturated heterocycles. The van der Waals surface area contributed by atoms with Gasteiger partial charge in [-0.1, -0.05) is 0 Å². The normalized spacial score (nSPS) is 29.3. The molecule has 3 heterocycles. The van der Waals surface area contributed by atoms with E-state index in [1.165, 1.54) is 22.8 Å². The van der Waals surface area contributed by atoms with E-state index in [9.17, 15) is 10.2 Å². The maximum absolute atomic E-state index is 10.1. The summed E-state index contributed by atoms with van der Waals surface area (Å²) in [7, 11) is 0. The highest BCUT2D eigenvalue weighted by atomic mass is 32.2. The SMILES string of the molecule is CSc1nn([C@@H]2O[C@H](CO)C(O)[C@H]2O)c2ncnc(N)c12. The first-order valence-corrected chi connectivity index (χ1v) is 7.46. The van der Waals surface area contributed by atoms with E-state index >= 15 is 0 Å². The van der Waals surface area contributed by atoms with E-state index in [2.05, 4.69) is 15.1 Å². The predicted octanol–water partition coefficient (Wildman–Crippen LogP) is -1.26. The molecule has 0 aromatic carbocycles. The Morgan fingerprint density at radius 1 is 1.38 bits per heavy atom. The van der Waals surface area contributed by atoms with Crippen molar-refractivity contribution in [1.29, 1.82) is 0 Å². The summed E-state index contributed by atoms with van der Waals surface area (Å²) in [5.74, 6) is 0.280. The van der Waals surface area contributed by atoms with Crippen LogP contribution in [0.3, 0.4) is 0 Å². The Balaban J connectivity index is 2.11. The molecule has 114 valence electrons. The summed E-state index contributed by atoms with van der Waals surface area (Å²) < 4.78 is 6.83. The Morgan fingerprint density at radius 2 is 2.14 bits per heavy atom. The average molecular weight is 313 g/mol. The topological polar surface area (TPSA) is 140 Å². The monoisotopic (exact) mass is 313 g/mol. The second-order valence-corrected chi connectivity index (χ2v) is 5.44. The van der Waals surface area contributed by atoms with E-state index in [1.807, 2.05) is 6.26 Å². The number of aliphatic hydroxyl groups excluding tert-OH is 3. The number of nitrogens with two attached hydrogens (primary N) is 1. The quantitative estimate of drug-likeness (QED) is 0.511. The van der Waals surface area contributed by atoms with Gasteiger partial charge in [0.2, 0.25) is 0 Å². The Labute approximate surface area is 123 Å². The molecule has 0 aliphatic carbocycles. The number of aliphatic hydroxyl groups is 3. The third-order valence-corrected chi connectivity index (χ3v) is 4.11. The van der Waals surface area contributed by atoms with Crippen molar-refractivity contribution < 1.29 is 20.1 Å². The molecule has 9 nitrogen and oxygen atoms in total. The minimum absolute atomic E-state index is 0.280. The van der Waals surface area contributed by atoms with Crippen LogP contribution in [-0.4, -0.2) is 66.2 Å². The van der Waals surface area contributed by atoms with Crippen molar-refractivity contribution in [2.45, 2.75) is 29.6 Å². The highest BCUT2D eigenvalue weighted by molar-refractivity contribution is 7.98. The number of hydrogen-bond acceptors (Lipinski definition) is 9. The van der Waals surface area contributed by atoms with E-state index < -0.39 is 31.1 Å². The zero-order valence-electron chi connectivity index (χ0n) is 11.1. The lowest BCUT2D eigenvalue weighted by Crippen LogP contribution is -2.33. The summed E-state index contributed by atoms with van der Waals surface area (Å²) in [6.45, 7) is -0.402. The standard InChI is InChI=1S/C11H15N5O4S/c1-21-10-5-8(12)13-3-14-9(5)16(15-10)11-7(19)6(18)4(2-17)20-11/h3-4,6-7,11,17-19H,2H2,1H3,(H2,12,13,14)/t4-,6?,7-,11-/m1/s1. The number of fused-ring (bicyclic) bond motifs is 1. The van der Waals surface area contributed by atoms with Gasteiger partial charge < -0.3 is 25.8 Å². The predicted molar refractivity (Wildman–Crippen MR) is 74.5 cm³/mol. The molecule has 1 aliphatic heterocycles. The van der Waals surface area contributed by atoms with Gasteiger partial charge >= 0.3 is 0 Å². The van der Waals surface area contributed by atoms with Gasteiger partial charge in [0.05, 0.1) is 12.0 Å². The van der Waals surface area contributed by atoms with Gasteiger partial charge in [0.1, 0.15) is 35.5 Å². The fourth-order valence-electron chi connectivity index (χ4n) is 2.37. The van der Waals surface area contributed by atoms with Crippen molar-refractivity contribution in [1.82, 2.24) is 19.7 Å². The van der Waals surface area contributed by atoms with Crippen LogP contribution < -0.4 is 5.73 Å². The number of aromatic nitrogens is 4. The van der Waals surface area contributed by atoms with Gasteiger partial charge in [0.15, 0.2) is 11.9 Å². The van der Waals surface area contributed by atoms with E-state index in [-0.39, 0.29) is 5.82 Å². The molecule has 2 aromatic heterocycles. The summed E-state index contributed by atoms with van der Waals surface area (Å²) in [5, 5.41) is 34.6. The molecular formula is C11H15N5O4S. The van der Waals surface area contributed by atoms with Gasteiger partial charge in [-0.15, -0.1) is 11.8 Å². The molecule has 4 atom stereocenters. The van der Waals surface area contributed by atoms with Crippen molar-refractivity contribution in [3.05, 3.63) is 6.33 Å². The molecule has 0 radical (unpaired) electrons. The van der Waals surface area contributed by atoms with Gasteiger partial charge in [-0.25, -0.2) is 14.6 Å². The first kappa shape index (κ1) is 14.5. The Kier molecular flexibility index (Phi) is 3.71. The third kappa shape index (κ3) is 2.15. The Hall–Kier alpha value is -1.46. The molecule has 1 unspecified atom stereocenters. The molecule has 0 bridgehead atoms. The van der Waals surface area contributed by atoms with Crippen LogP contribution >= 0.6 is 11.8 Å². The van der Waals surface area contributed by atoms with E-state index in [0.29, 0.717) is 16.1 Å². The summed E-state index contributed by atoms with van der Waals surface area (Å²) in [6.07, 6.45) is -1.12. The molecule has 0 spiro atoms. The Morgan fingerprint density at radius 3 is 2.76 bits per heavy atom. The van der Waals surface area contributed by atoms with Gasteiger partial charge in [-0.05, 0) is 6.26 Å². The van der Waals surface area contributed by atoms with E-state index in [1.54, 1.807) is 0 Å². The number of anilines is 1. The third-order valence-electron chi connectivity index (χ3n) is 3.44. The molecular weight excluding hydrogens is 298 g/mol. The van der Waals surface area contributed by atoms with E-state index in [4.69, 9.17) is 15.6 Å². The molecule has 1 aliphatic rings. The van der Waals surface area contributed by atoms with Gasteiger partial charge in [-0.3, -0.25) is 0 Å². The highest BCUT2D eigenvalue weighted by Crippen LogP contribution is 2.35. The highest BCUT2D eigenvalue weighted by Gasteiger charge is 2.44. The van der Waals surface area contributed by atoms with Crippen LogP contribution in [0.5, 0.6) is 0 Å². The van der Waals surface area contributed by atoms with Crippen molar-refractivity contribution in [3.63, 3.8) is 0 Å². The fraction of sp³-hybridized carbons (Fsp3) is 0.545. The molecule has 2 aromatic rings. The second kappa shape index (κ2) is 5.39. The number of thioether (sulfide) groups is 1. The number of hydrogen-bond donors (Lipinski definition) is 4. The van der Waals surface area contributed by atoms with Gasteiger partial charge in [0.25, 0.3) is 0 Å². The molecule has 5 N–H and O–H groups in total. The van der Waals surface area contributed by atoms with Crippen LogP contribution in [0.15, 0.2) is 11.4 Å². The maximum atomic E-state index is 10.1. The van der Waals surface area contributed by atoms with Crippen LogP contribution in [-0.2, 0) is 4.74 Å². The first-order chi connectivity index (χ1) is 10.1. The van der Waals surface area contributed by atoms with E-state index in [0.717, 1.165) is 0 Å². The molecule has 10 heteroatoms. The summed E-state index contributed by atoms with van der Waals surface area (Å²) in [4.78, 5) is 8.05. The molecule has 3 rings (SSSR count). The van der Waals surface area contributed by atoms with Crippen LogP contribution in [0.1, 0.15) is 6.23 Å². The smallest absolute Gasteiger partial charge is 0.181 e. The van der Waals surface area contributed by atoms with Crippen molar-refractivity contribution in [2.24, 2.45) is 0 Å². The molecule has 0 saturated carbocycles. The Bertz CT molecular complexity index is 665. The maximum Gasteiger partial charge on any atom is 0.181 e. The van der Waals surface area contributed by atoms with Crippen molar-refractivity contribution in [3.8, 4) is 0 Å².